The summed E-state index contributed by atoms with van der Waals surface area (Å²) in [5.41, 5.74) is 7.53. The van der Waals surface area contributed by atoms with Crippen LogP contribution in [0.15, 0.2) is 53.4 Å². The van der Waals surface area contributed by atoms with Crippen molar-refractivity contribution >= 4 is 29.0 Å². The summed E-state index contributed by atoms with van der Waals surface area (Å²) >= 11 is 6.67. The number of benzene rings is 2. The largest absolute Gasteiger partial charge is 0.489 e. The molecule has 0 unspecified atom stereocenters. The standard InChI is InChI=1S/C15H15NOS2/c1-19-14-7-5-13(6-8-14)17-10-11-3-2-4-12(9-11)15(16)18/h2-9H,10H2,1H3,(H2,16,18). The minimum atomic E-state index is 0.408. The second kappa shape index (κ2) is 6.59. The van der Waals surface area contributed by atoms with E-state index in [4.69, 9.17) is 22.7 Å². The first-order chi connectivity index (χ1) is 9.19. The number of thioether (sulfide) groups is 1. The molecule has 0 spiro atoms. The van der Waals surface area contributed by atoms with E-state index in [2.05, 4.69) is 6.26 Å². The summed E-state index contributed by atoms with van der Waals surface area (Å²) in [4.78, 5) is 1.63. The Labute approximate surface area is 123 Å². The van der Waals surface area contributed by atoms with Crippen LogP contribution >= 0.6 is 24.0 Å². The molecule has 0 saturated heterocycles. The van der Waals surface area contributed by atoms with Gasteiger partial charge in [0.25, 0.3) is 0 Å². The van der Waals surface area contributed by atoms with E-state index in [1.807, 2.05) is 48.5 Å². The molecule has 0 aliphatic heterocycles. The third kappa shape index (κ3) is 3.98. The highest BCUT2D eigenvalue weighted by Gasteiger charge is 2.00. The fourth-order valence-corrected chi connectivity index (χ4v) is 2.19. The lowest BCUT2D eigenvalue weighted by Gasteiger charge is -2.08. The lowest BCUT2D eigenvalue weighted by molar-refractivity contribution is 0.306. The van der Waals surface area contributed by atoms with Gasteiger partial charge in [-0.3, -0.25) is 0 Å². The molecule has 2 aromatic rings. The summed E-state index contributed by atoms with van der Waals surface area (Å²) < 4.78 is 5.73. The first-order valence-corrected chi connectivity index (χ1v) is 7.48. The Morgan fingerprint density at radius 2 is 1.95 bits per heavy atom. The van der Waals surface area contributed by atoms with Crippen molar-refractivity contribution in [3.63, 3.8) is 0 Å². The number of nitrogens with two attached hydrogens (primary N) is 1. The van der Waals surface area contributed by atoms with Gasteiger partial charge < -0.3 is 10.5 Å². The van der Waals surface area contributed by atoms with E-state index < -0.39 is 0 Å². The van der Waals surface area contributed by atoms with Gasteiger partial charge in [0.15, 0.2) is 0 Å². The molecule has 0 heterocycles. The highest BCUT2D eigenvalue weighted by atomic mass is 32.2. The summed E-state index contributed by atoms with van der Waals surface area (Å²) in [7, 11) is 0. The van der Waals surface area contributed by atoms with Crippen LogP contribution < -0.4 is 10.5 Å². The van der Waals surface area contributed by atoms with Crippen LogP contribution in [-0.4, -0.2) is 11.2 Å². The number of thiocarbonyl (C=S) groups is 1. The summed E-state index contributed by atoms with van der Waals surface area (Å²) in [6, 6.07) is 15.8. The minimum Gasteiger partial charge on any atom is -0.489 e. The molecule has 0 saturated carbocycles. The second-order valence-electron chi connectivity index (χ2n) is 4.03. The Hall–Kier alpha value is -1.52. The van der Waals surface area contributed by atoms with Crippen LogP contribution in [0.25, 0.3) is 0 Å². The summed E-state index contributed by atoms with van der Waals surface area (Å²) in [6.07, 6.45) is 2.05. The molecule has 0 aliphatic rings. The maximum atomic E-state index is 5.73. The van der Waals surface area contributed by atoms with Gasteiger partial charge in [-0.25, -0.2) is 0 Å². The van der Waals surface area contributed by atoms with Gasteiger partial charge in [0.05, 0.1) is 0 Å². The molecule has 0 amide bonds. The molecule has 2 rings (SSSR count). The van der Waals surface area contributed by atoms with Crippen LogP contribution in [0.5, 0.6) is 5.75 Å². The molecular weight excluding hydrogens is 274 g/mol. The number of ether oxygens (including phenoxy) is 1. The molecule has 2 aromatic carbocycles. The zero-order valence-electron chi connectivity index (χ0n) is 10.6. The fraction of sp³-hybridized carbons (Fsp3) is 0.133. The van der Waals surface area contributed by atoms with Crippen LogP contribution in [0.3, 0.4) is 0 Å². The van der Waals surface area contributed by atoms with E-state index in [9.17, 15) is 0 Å². The minimum absolute atomic E-state index is 0.408. The van der Waals surface area contributed by atoms with E-state index in [1.54, 1.807) is 11.8 Å². The van der Waals surface area contributed by atoms with E-state index >= 15 is 0 Å². The summed E-state index contributed by atoms with van der Waals surface area (Å²) in [5.74, 6) is 0.860. The molecule has 0 aromatic heterocycles. The van der Waals surface area contributed by atoms with Crippen molar-refractivity contribution < 1.29 is 4.74 Å². The Balaban J connectivity index is 2.01. The highest BCUT2D eigenvalue weighted by Crippen LogP contribution is 2.20. The van der Waals surface area contributed by atoms with Gasteiger partial charge >= 0.3 is 0 Å². The Bertz CT molecular complexity index is 567. The van der Waals surface area contributed by atoms with Gasteiger partial charge in [-0.05, 0) is 42.2 Å². The Morgan fingerprint density at radius 1 is 1.21 bits per heavy atom. The molecule has 98 valence electrons. The van der Waals surface area contributed by atoms with Gasteiger partial charge in [-0.2, -0.15) is 0 Å². The fourth-order valence-electron chi connectivity index (χ4n) is 1.65. The van der Waals surface area contributed by atoms with Gasteiger partial charge in [0, 0.05) is 10.5 Å². The van der Waals surface area contributed by atoms with Crippen LogP contribution in [0.4, 0.5) is 0 Å². The molecule has 2 N–H and O–H groups in total. The molecule has 19 heavy (non-hydrogen) atoms. The Kier molecular flexibility index (Phi) is 4.82. The smallest absolute Gasteiger partial charge is 0.119 e. The van der Waals surface area contributed by atoms with Crippen molar-refractivity contribution in [2.24, 2.45) is 5.73 Å². The molecule has 2 nitrogen and oxygen atoms in total. The lowest BCUT2D eigenvalue weighted by Crippen LogP contribution is -2.09. The number of rotatable bonds is 5. The molecule has 0 radical (unpaired) electrons. The molecule has 4 heteroatoms. The van der Waals surface area contributed by atoms with Crippen molar-refractivity contribution in [2.45, 2.75) is 11.5 Å². The zero-order valence-corrected chi connectivity index (χ0v) is 12.3. The number of hydrogen-bond acceptors (Lipinski definition) is 3. The lowest BCUT2D eigenvalue weighted by atomic mass is 10.1. The van der Waals surface area contributed by atoms with Gasteiger partial charge in [-0.1, -0.05) is 30.4 Å². The average molecular weight is 289 g/mol. The third-order valence-electron chi connectivity index (χ3n) is 2.68. The van der Waals surface area contributed by atoms with Gasteiger partial charge in [-0.15, -0.1) is 11.8 Å². The van der Waals surface area contributed by atoms with E-state index in [0.29, 0.717) is 11.6 Å². The third-order valence-corrected chi connectivity index (χ3v) is 3.66. The first kappa shape index (κ1) is 13.9. The first-order valence-electron chi connectivity index (χ1n) is 5.84. The summed E-state index contributed by atoms with van der Waals surface area (Å²) in [5, 5.41) is 0. The van der Waals surface area contributed by atoms with E-state index in [0.717, 1.165) is 16.9 Å². The average Bonchev–Trinajstić information content (AvgIpc) is 2.46. The van der Waals surface area contributed by atoms with Crippen LogP contribution in [0, 0.1) is 0 Å². The molecule has 0 fully saturated rings. The zero-order chi connectivity index (χ0) is 13.7. The summed E-state index contributed by atoms with van der Waals surface area (Å²) in [6.45, 7) is 0.509. The predicted molar refractivity (Wildman–Crippen MR) is 84.9 cm³/mol. The SMILES string of the molecule is CSc1ccc(OCc2cccc(C(N)=S)c2)cc1. The maximum Gasteiger partial charge on any atom is 0.119 e. The van der Waals surface area contributed by atoms with Crippen molar-refractivity contribution in [1.82, 2.24) is 0 Å². The second-order valence-corrected chi connectivity index (χ2v) is 5.35. The van der Waals surface area contributed by atoms with Crippen molar-refractivity contribution in [3.8, 4) is 5.75 Å². The van der Waals surface area contributed by atoms with Gasteiger partial charge in [0.2, 0.25) is 0 Å². The Morgan fingerprint density at radius 3 is 2.58 bits per heavy atom. The molecular formula is C15H15NOS2. The molecule has 0 bridgehead atoms. The van der Waals surface area contributed by atoms with Crippen molar-refractivity contribution in [2.75, 3.05) is 6.26 Å². The topological polar surface area (TPSA) is 35.2 Å². The van der Waals surface area contributed by atoms with Crippen molar-refractivity contribution in [1.29, 1.82) is 0 Å². The highest BCUT2D eigenvalue weighted by molar-refractivity contribution is 7.98. The normalized spacial score (nSPS) is 10.2. The maximum absolute atomic E-state index is 5.73. The van der Waals surface area contributed by atoms with Gasteiger partial charge in [0.1, 0.15) is 17.3 Å². The van der Waals surface area contributed by atoms with E-state index in [-0.39, 0.29) is 0 Å². The van der Waals surface area contributed by atoms with Crippen molar-refractivity contribution in [3.05, 3.63) is 59.7 Å². The van der Waals surface area contributed by atoms with Crippen LogP contribution in [0.2, 0.25) is 0 Å². The predicted octanol–water partition coefficient (Wildman–Crippen LogP) is 3.62. The monoisotopic (exact) mass is 289 g/mol. The quantitative estimate of drug-likeness (QED) is 0.673. The van der Waals surface area contributed by atoms with E-state index in [1.165, 1.54) is 4.90 Å². The number of hydrogen-bond donors (Lipinski definition) is 1. The van der Waals surface area contributed by atoms with Crippen LogP contribution in [0.1, 0.15) is 11.1 Å². The molecule has 0 atom stereocenters. The van der Waals surface area contributed by atoms with Crippen LogP contribution in [-0.2, 0) is 6.61 Å². The molecule has 0 aliphatic carbocycles.